The van der Waals surface area contributed by atoms with Gasteiger partial charge in [0.1, 0.15) is 5.75 Å². The van der Waals surface area contributed by atoms with Gasteiger partial charge in [-0.2, -0.15) is 0 Å². The predicted octanol–water partition coefficient (Wildman–Crippen LogP) is 3.16. The summed E-state index contributed by atoms with van der Waals surface area (Å²) in [6.07, 6.45) is 2.60. The summed E-state index contributed by atoms with van der Waals surface area (Å²) in [5.41, 5.74) is 1.39. The third kappa shape index (κ3) is 4.22. The summed E-state index contributed by atoms with van der Waals surface area (Å²) >= 11 is 0. The van der Waals surface area contributed by atoms with Gasteiger partial charge >= 0.3 is 0 Å². The molecule has 2 atom stereocenters. The summed E-state index contributed by atoms with van der Waals surface area (Å²) in [5, 5.41) is 0. The highest BCUT2D eigenvalue weighted by atomic mass is 16.5. The van der Waals surface area contributed by atoms with Crippen molar-refractivity contribution in [1.82, 2.24) is 4.90 Å². The van der Waals surface area contributed by atoms with Crippen LogP contribution in [-0.2, 0) is 4.74 Å². The smallest absolute Gasteiger partial charge is 0.118 e. The zero-order valence-corrected chi connectivity index (χ0v) is 13.0. The van der Waals surface area contributed by atoms with Crippen molar-refractivity contribution in [3.63, 3.8) is 0 Å². The van der Waals surface area contributed by atoms with E-state index < -0.39 is 0 Å². The Morgan fingerprint density at radius 1 is 1.25 bits per heavy atom. The quantitative estimate of drug-likeness (QED) is 0.797. The molecule has 112 valence electrons. The van der Waals surface area contributed by atoms with Gasteiger partial charge in [0.05, 0.1) is 13.7 Å². The maximum atomic E-state index is 5.30. The minimum atomic E-state index is 0.558. The van der Waals surface area contributed by atoms with Gasteiger partial charge in [-0.25, -0.2) is 0 Å². The second-order valence-corrected chi connectivity index (χ2v) is 5.90. The Balaban J connectivity index is 1.87. The molecule has 3 nitrogen and oxygen atoms in total. The van der Waals surface area contributed by atoms with E-state index in [0.717, 1.165) is 18.9 Å². The summed E-state index contributed by atoms with van der Waals surface area (Å²) in [5.74, 6) is 2.19. The summed E-state index contributed by atoms with van der Waals surface area (Å²) in [6, 6.07) is 8.46. The molecule has 2 rings (SSSR count). The Morgan fingerprint density at radius 3 is 2.65 bits per heavy atom. The van der Waals surface area contributed by atoms with E-state index >= 15 is 0 Å². The second kappa shape index (κ2) is 7.65. The van der Waals surface area contributed by atoms with Crippen LogP contribution in [0.3, 0.4) is 0 Å². The first-order valence-corrected chi connectivity index (χ1v) is 7.58. The number of rotatable bonds is 6. The highest BCUT2D eigenvalue weighted by molar-refractivity contribution is 5.29. The standard InChI is InChI=1S/C17H27NO2/c1-14(16-6-8-17(20-3)9-7-16)11-18-10-4-5-15(12-18)13-19-2/h6-9,14-15H,4-5,10-13H2,1-3H3/t14-,15+/m0/s1. The third-order valence-electron chi connectivity index (χ3n) is 4.22. The highest BCUT2D eigenvalue weighted by Gasteiger charge is 2.21. The molecule has 0 bridgehead atoms. The first-order chi connectivity index (χ1) is 9.72. The fraction of sp³-hybridized carbons (Fsp3) is 0.647. The molecule has 3 heteroatoms. The average molecular weight is 277 g/mol. The normalized spacial score (nSPS) is 21.6. The van der Waals surface area contributed by atoms with E-state index in [0.29, 0.717) is 11.8 Å². The molecule has 0 amide bonds. The molecule has 20 heavy (non-hydrogen) atoms. The number of likely N-dealkylation sites (tertiary alicyclic amines) is 1. The van der Waals surface area contributed by atoms with Crippen molar-refractivity contribution in [3.05, 3.63) is 29.8 Å². The van der Waals surface area contributed by atoms with Gasteiger partial charge in [0.2, 0.25) is 0 Å². The van der Waals surface area contributed by atoms with Crippen LogP contribution in [0.1, 0.15) is 31.2 Å². The van der Waals surface area contributed by atoms with Gasteiger partial charge in [-0.3, -0.25) is 0 Å². The van der Waals surface area contributed by atoms with E-state index in [-0.39, 0.29) is 0 Å². The number of hydrogen-bond acceptors (Lipinski definition) is 3. The lowest BCUT2D eigenvalue weighted by atomic mass is 9.95. The molecule has 1 fully saturated rings. The van der Waals surface area contributed by atoms with Crippen molar-refractivity contribution in [2.75, 3.05) is 40.5 Å². The summed E-state index contributed by atoms with van der Waals surface area (Å²) < 4.78 is 10.5. The number of hydrogen-bond donors (Lipinski definition) is 0. The maximum absolute atomic E-state index is 5.30. The first kappa shape index (κ1) is 15.3. The molecule has 0 spiro atoms. The fourth-order valence-corrected chi connectivity index (χ4v) is 3.11. The monoisotopic (exact) mass is 277 g/mol. The topological polar surface area (TPSA) is 21.7 Å². The minimum Gasteiger partial charge on any atom is -0.497 e. The van der Waals surface area contributed by atoms with Crippen LogP contribution in [0.2, 0.25) is 0 Å². The molecule has 0 saturated carbocycles. The molecular weight excluding hydrogens is 250 g/mol. The fourth-order valence-electron chi connectivity index (χ4n) is 3.11. The van der Waals surface area contributed by atoms with Gasteiger partial charge < -0.3 is 14.4 Å². The van der Waals surface area contributed by atoms with Crippen molar-refractivity contribution in [2.24, 2.45) is 5.92 Å². The SMILES string of the molecule is COC[C@@H]1CCCN(C[C@H](C)c2ccc(OC)cc2)C1. The van der Waals surface area contributed by atoms with Crippen LogP contribution in [0.25, 0.3) is 0 Å². The van der Waals surface area contributed by atoms with E-state index in [1.807, 2.05) is 0 Å². The van der Waals surface area contributed by atoms with Crippen molar-refractivity contribution in [3.8, 4) is 5.75 Å². The molecule has 1 aromatic rings. The molecular formula is C17H27NO2. The minimum absolute atomic E-state index is 0.558. The van der Waals surface area contributed by atoms with E-state index in [2.05, 4.69) is 36.1 Å². The van der Waals surface area contributed by atoms with E-state index in [9.17, 15) is 0 Å². The van der Waals surface area contributed by atoms with E-state index in [1.54, 1.807) is 14.2 Å². The Labute approximate surface area is 122 Å². The van der Waals surface area contributed by atoms with Crippen molar-refractivity contribution >= 4 is 0 Å². The second-order valence-electron chi connectivity index (χ2n) is 5.90. The lowest BCUT2D eigenvalue weighted by Crippen LogP contribution is -2.39. The molecule has 1 aliphatic heterocycles. The Hall–Kier alpha value is -1.06. The molecule has 1 saturated heterocycles. The van der Waals surface area contributed by atoms with Crippen LogP contribution in [0.5, 0.6) is 5.75 Å². The van der Waals surface area contributed by atoms with Crippen LogP contribution in [-0.4, -0.2) is 45.4 Å². The van der Waals surface area contributed by atoms with Crippen LogP contribution in [0.4, 0.5) is 0 Å². The summed E-state index contributed by atoms with van der Waals surface area (Å²) in [4.78, 5) is 2.59. The van der Waals surface area contributed by atoms with Crippen LogP contribution < -0.4 is 4.74 Å². The van der Waals surface area contributed by atoms with Gasteiger partial charge in [0.15, 0.2) is 0 Å². The van der Waals surface area contributed by atoms with Crippen molar-refractivity contribution in [2.45, 2.75) is 25.7 Å². The maximum Gasteiger partial charge on any atom is 0.118 e. The lowest BCUT2D eigenvalue weighted by molar-refractivity contribution is 0.0883. The van der Waals surface area contributed by atoms with Gasteiger partial charge in [0, 0.05) is 20.2 Å². The van der Waals surface area contributed by atoms with Gasteiger partial charge in [-0.15, -0.1) is 0 Å². The zero-order chi connectivity index (χ0) is 14.4. The first-order valence-electron chi connectivity index (χ1n) is 7.58. The molecule has 0 aromatic heterocycles. The highest BCUT2D eigenvalue weighted by Crippen LogP contribution is 2.23. The third-order valence-corrected chi connectivity index (χ3v) is 4.22. The number of methoxy groups -OCH3 is 2. The number of benzene rings is 1. The van der Waals surface area contributed by atoms with Crippen molar-refractivity contribution < 1.29 is 9.47 Å². The van der Waals surface area contributed by atoms with Crippen molar-refractivity contribution in [1.29, 1.82) is 0 Å². The van der Waals surface area contributed by atoms with Gasteiger partial charge in [-0.05, 0) is 48.9 Å². The molecule has 1 heterocycles. The van der Waals surface area contributed by atoms with Crippen LogP contribution in [0.15, 0.2) is 24.3 Å². The molecule has 1 aromatic carbocycles. The molecule has 0 radical (unpaired) electrons. The zero-order valence-electron chi connectivity index (χ0n) is 13.0. The Bertz CT molecular complexity index is 388. The molecule has 0 N–H and O–H groups in total. The summed E-state index contributed by atoms with van der Waals surface area (Å²) in [7, 11) is 3.51. The molecule has 0 aliphatic carbocycles. The van der Waals surface area contributed by atoms with Gasteiger partial charge in [-0.1, -0.05) is 19.1 Å². The molecule has 1 aliphatic rings. The number of piperidine rings is 1. The number of ether oxygens (including phenoxy) is 2. The van der Waals surface area contributed by atoms with Crippen LogP contribution >= 0.6 is 0 Å². The summed E-state index contributed by atoms with van der Waals surface area (Å²) in [6.45, 7) is 6.73. The van der Waals surface area contributed by atoms with Crippen LogP contribution in [0, 0.1) is 5.92 Å². The van der Waals surface area contributed by atoms with Gasteiger partial charge in [0.25, 0.3) is 0 Å². The van der Waals surface area contributed by atoms with E-state index in [4.69, 9.17) is 9.47 Å². The predicted molar refractivity (Wildman–Crippen MR) is 82.4 cm³/mol. The van der Waals surface area contributed by atoms with E-state index in [1.165, 1.54) is 31.5 Å². The average Bonchev–Trinajstić information content (AvgIpc) is 2.48. The molecule has 0 unspecified atom stereocenters. The lowest BCUT2D eigenvalue weighted by Gasteiger charge is -2.34. The largest absolute Gasteiger partial charge is 0.497 e. The Morgan fingerprint density at radius 2 is 2.00 bits per heavy atom. The Kier molecular flexibility index (Phi) is 5.86. The number of nitrogens with zero attached hydrogens (tertiary/aromatic N) is 1.